The van der Waals surface area contributed by atoms with E-state index in [4.69, 9.17) is 16.3 Å². The zero-order chi connectivity index (χ0) is 22.3. The van der Waals surface area contributed by atoms with Crippen LogP contribution in [-0.4, -0.2) is 56.0 Å². The van der Waals surface area contributed by atoms with Crippen LogP contribution in [0.1, 0.15) is 33.1 Å². The summed E-state index contributed by atoms with van der Waals surface area (Å²) in [6.07, 6.45) is 3.15. The van der Waals surface area contributed by atoms with Crippen LogP contribution in [0.2, 0.25) is 5.02 Å². The van der Waals surface area contributed by atoms with Crippen molar-refractivity contribution in [3.8, 4) is 5.75 Å². The number of urea groups is 1. The lowest BCUT2D eigenvalue weighted by atomic mass is 9.78. The van der Waals surface area contributed by atoms with Crippen LogP contribution >= 0.6 is 11.6 Å². The number of anilines is 1. The third kappa shape index (κ3) is 7.18. The monoisotopic (exact) mass is 438 g/mol. The molecule has 2 rings (SSSR count). The zero-order valence-corrected chi connectivity index (χ0v) is 18.7. The molecule has 4 amide bonds. The van der Waals surface area contributed by atoms with Crippen LogP contribution in [0.15, 0.2) is 18.2 Å². The highest BCUT2D eigenvalue weighted by atomic mass is 35.5. The molecule has 1 fully saturated rings. The lowest BCUT2D eigenvalue weighted by Crippen LogP contribution is -2.51. The summed E-state index contributed by atoms with van der Waals surface area (Å²) in [7, 11) is 3.12. The van der Waals surface area contributed by atoms with E-state index in [-0.39, 0.29) is 25.0 Å². The number of rotatable bonds is 7. The number of carbonyl (C=O) groups excluding carboxylic acids is 3. The molecule has 1 aliphatic rings. The van der Waals surface area contributed by atoms with Gasteiger partial charge in [0.15, 0.2) is 0 Å². The summed E-state index contributed by atoms with van der Waals surface area (Å²) >= 11 is 5.96. The van der Waals surface area contributed by atoms with Crippen molar-refractivity contribution in [1.29, 1.82) is 0 Å². The number of nitrogens with zero attached hydrogens (tertiary/aromatic N) is 1. The molecule has 3 N–H and O–H groups in total. The SMILES string of the molecule is COc1ccc(Cl)cc1NC(=O)CN(C)CC(=O)NC(=O)N[C@@H]1CCC[C@@H](C)[C@H]1C. The molecular formula is C21H31ClN4O4. The fourth-order valence-electron chi connectivity index (χ4n) is 3.67. The zero-order valence-electron chi connectivity index (χ0n) is 18.0. The smallest absolute Gasteiger partial charge is 0.321 e. The highest BCUT2D eigenvalue weighted by Crippen LogP contribution is 2.29. The first-order valence-corrected chi connectivity index (χ1v) is 10.5. The quantitative estimate of drug-likeness (QED) is 0.607. The second kappa shape index (κ2) is 11.2. The van der Waals surface area contributed by atoms with Gasteiger partial charge in [0.1, 0.15) is 5.75 Å². The number of carbonyl (C=O) groups is 3. The van der Waals surface area contributed by atoms with Gasteiger partial charge in [0, 0.05) is 11.1 Å². The van der Waals surface area contributed by atoms with Gasteiger partial charge in [-0.2, -0.15) is 0 Å². The first-order valence-electron chi connectivity index (χ1n) is 10.1. The van der Waals surface area contributed by atoms with Crippen LogP contribution in [0.3, 0.4) is 0 Å². The average Bonchev–Trinajstić information content (AvgIpc) is 2.65. The van der Waals surface area contributed by atoms with Gasteiger partial charge in [-0.05, 0) is 43.5 Å². The number of methoxy groups -OCH3 is 1. The molecule has 0 saturated heterocycles. The summed E-state index contributed by atoms with van der Waals surface area (Å²) in [6.45, 7) is 4.17. The van der Waals surface area contributed by atoms with Crippen molar-refractivity contribution in [1.82, 2.24) is 15.5 Å². The normalized spacial score (nSPS) is 21.1. The maximum absolute atomic E-state index is 12.3. The number of ether oxygens (including phenoxy) is 1. The molecule has 1 aromatic carbocycles. The first kappa shape index (κ1) is 24.0. The van der Waals surface area contributed by atoms with E-state index >= 15 is 0 Å². The minimum Gasteiger partial charge on any atom is -0.495 e. The summed E-state index contributed by atoms with van der Waals surface area (Å²) < 4.78 is 5.20. The van der Waals surface area contributed by atoms with Crippen molar-refractivity contribution in [3.05, 3.63) is 23.2 Å². The van der Waals surface area contributed by atoms with Gasteiger partial charge in [0.05, 0.1) is 25.9 Å². The molecule has 0 spiro atoms. The molecule has 1 aliphatic carbocycles. The maximum Gasteiger partial charge on any atom is 0.321 e. The topological polar surface area (TPSA) is 99.8 Å². The number of nitrogens with one attached hydrogen (secondary N) is 3. The number of likely N-dealkylation sites (N-methyl/N-ethyl adjacent to an activating group) is 1. The van der Waals surface area contributed by atoms with Crippen molar-refractivity contribution < 1.29 is 19.1 Å². The van der Waals surface area contributed by atoms with Gasteiger partial charge < -0.3 is 15.4 Å². The average molecular weight is 439 g/mol. The molecule has 0 aromatic heterocycles. The predicted molar refractivity (Wildman–Crippen MR) is 117 cm³/mol. The van der Waals surface area contributed by atoms with E-state index in [0.29, 0.717) is 28.3 Å². The fraction of sp³-hybridized carbons (Fsp3) is 0.571. The highest BCUT2D eigenvalue weighted by molar-refractivity contribution is 6.31. The summed E-state index contributed by atoms with van der Waals surface area (Å²) in [5.74, 6) is 0.591. The Morgan fingerprint density at radius 3 is 2.57 bits per heavy atom. The first-order chi connectivity index (χ1) is 14.2. The van der Waals surface area contributed by atoms with E-state index in [2.05, 4.69) is 29.8 Å². The second-order valence-electron chi connectivity index (χ2n) is 7.96. The van der Waals surface area contributed by atoms with Crippen molar-refractivity contribution in [2.24, 2.45) is 11.8 Å². The molecular weight excluding hydrogens is 408 g/mol. The standard InChI is InChI=1S/C21H31ClN4O4/c1-13-6-5-7-16(14(13)2)24-21(29)25-20(28)12-26(3)11-19(27)23-17-10-15(22)8-9-18(17)30-4/h8-10,13-14,16H,5-7,11-12H2,1-4H3,(H,23,27)(H2,24,25,28,29)/t13-,14-,16-/m1/s1. The Kier molecular flexibility index (Phi) is 8.92. The molecule has 1 saturated carbocycles. The van der Waals surface area contributed by atoms with E-state index in [0.717, 1.165) is 19.3 Å². The van der Waals surface area contributed by atoms with E-state index in [9.17, 15) is 14.4 Å². The van der Waals surface area contributed by atoms with Gasteiger partial charge in [-0.25, -0.2) is 4.79 Å². The second-order valence-corrected chi connectivity index (χ2v) is 8.40. The third-order valence-corrected chi connectivity index (χ3v) is 5.77. The van der Waals surface area contributed by atoms with Crippen LogP contribution in [0, 0.1) is 11.8 Å². The van der Waals surface area contributed by atoms with Gasteiger partial charge in [0.25, 0.3) is 0 Å². The number of imide groups is 1. The van der Waals surface area contributed by atoms with Crippen LogP contribution < -0.4 is 20.7 Å². The minimum atomic E-state index is -0.493. The molecule has 166 valence electrons. The Labute approximate surface area is 182 Å². The predicted octanol–water partition coefficient (Wildman–Crippen LogP) is 2.87. The molecule has 9 heteroatoms. The van der Waals surface area contributed by atoms with Crippen molar-refractivity contribution in [3.63, 3.8) is 0 Å². The minimum absolute atomic E-state index is 0.0398. The molecule has 0 bridgehead atoms. The van der Waals surface area contributed by atoms with E-state index in [1.54, 1.807) is 25.2 Å². The molecule has 30 heavy (non-hydrogen) atoms. The van der Waals surface area contributed by atoms with Gasteiger partial charge in [-0.3, -0.25) is 19.8 Å². The molecule has 0 aliphatic heterocycles. The Bertz CT molecular complexity index is 773. The van der Waals surface area contributed by atoms with Crippen molar-refractivity contribution in [2.75, 3.05) is 32.6 Å². The summed E-state index contributed by atoms with van der Waals surface area (Å²) in [4.78, 5) is 38.1. The van der Waals surface area contributed by atoms with Crippen LogP contribution in [0.25, 0.3) is 0 Å². The molecule has 0 unspecified atom stereocenters. The van der Waals surface area contributed by atoms with Gasteiger partial charge in [0.2, 0.25) is 11.8 Å². The van der Waals surface area contributed by atoms with E-state index in [1.165, 1.54) is 12.0 Å². The van der Waals surface area contributed by atoms with E-state index in [1.807, 2.05) is 0 Å². The number of halogens is 1. The molecule has 0 radical (unpaired) electrons. The summed E-state index contributed by atoms with van der Waals surface area (Å²) in [5, 5.41) is 8.42. The lowest BCUT2D eigenvalue weighted by Gasteiger charge is -2.34. The van der Waals surface area contributed by atoms with Gasteiger partial charge in [-0.1, -0.05) is 38.3 Å². The highest BCUT2D eigenvalue weighted by Gasteiger charge is 2.28. The molecule has 1 aromatic rings. The van der Waals surface area contributed by atoms with E-state index < -0.39 is 11.9 Å². The van der Waals surface area contributed by atoms with Gasteiger partial charge >= 0.3 is 6.03 Å². The Hall–Kier alpha value is -2.32. The molecule has 8 nitrogen and oxygen atoms in total. The van der Waals surface area contributed by atoms with Crippen LogP contribution in [-0.2, 0) is 9.59 Å². The summed E-state index contributed by atoms with van der Waals surface area (Å²) in [5.41, 5.74) is 0.447. The lowest BCUT2D eigenvalue weighted by molar-refractivity contribution is -0.122. The third-order valence-electron chi connectivity index (χ3n) is 5.54. The van der Waals surface area contributed by atoms with Crippen molar-refractivity contribution in [2.45, 2.75) is 39.2 Å². The van der Waals surface area contributed by atoms with Gasteiger partial charge in [-0.15, -0.1) is 0 Å². The van der Waals surface area contributed by atoms with Crippen LogP contribution in [0.5, 0.6) is 5.75 Å². The number of hydrogen-bond acceptors (Lipinski definition) is 5. The summed E-state index contributed by atoms with van der Waals surface area (Å²) in [6, 6.07) is 4.47. The largest absolute Gasteiger partial charge is 0.495 e. The number of amides is 4. The van der Waals surface area contributed by atoms with Crippen molar-refractivity contribution >= 4 is 35.1 Å². The maximum atomic E-state index is 12.3. The Morgan fingerprint density at radius 1 is 1.17 bits per heavy atom. The Morgan fingerprint density at radius 2 is 1.87 bits per heavy atom. The fourth-order valence-corrected chi connectivity index (χ4v) is 3.84. The molecule has 0 heterocycles. The molecule has 3 atom stereocenters. The van der Waals surface area contributed by atoms with Crippen LogP contribution in [0.4, 0.5) is 10.5 Å². The number of benzene rings is 1. The number of hydrogen-bond donors (Lipinski definition) is 3. The Balaban J connectivity index is 1.78.